The Morgan fingerprint density at radius 3 is 2.73 bits per heavy atom. The van der Waals surface area contributed by atoms with E-state index in [2.05, 4.69) is 0 Å². The highest BCUT2D eigenvalue weighted by atomic mass is 16.5. The van der Waals surface area contributed by atoms with Crippen molar-refractivity contribution in [2.45, 2.75) is 45.1 Å². The van der Waals surface area contributed by atoms with E-state index in [1.165, 1.54) is 7.11 Å². The van der Waals surface area contributed by atoms with Crippen molar-refractivity contribution >= 4 is 11.9 Å². The fraction of sp³-hybridized carbons (Fsp3) is 0.818. The minimum atomic E-state index is -0.302. The molecule has 0 aromatic heterocycles. The Kier molecular flexibility index (Phi) is 4.59. The number of hydrogen-bond donors (Lipinski definition) is 0. The summed E-state index contributed by atoms with van der Waals surface area (Å²) in [6, 6.07) is 0.0543. The van der Waals surface area contributed by atoms with E-state index >= 15 is 0 Å². The number of carbonyl (C=O) groups excluding carboxylic acids is 2. The number of Topliss-reactive ketones (excluding diaryl/α,β-unsaturated/α-hetero) is 1. The van der Waals surface area contributed by atoms with Crippen molar-refractivity contribution in [1.29, 1.82) is 0 Å². The van der Waals surface area contributed by atoms with Gasteiger partial charge in [0.25, 0.3) is 0 Å². The molecule has 1 heterocycles. The minimum absolute atomic E-state index is 0.0543. The minimum Gasteiger partial charge on any atom is -0.453 e. The topological polar surface area (TPSA) is 46.6 Å². The van der Waals surface area contributed by atoms with Gasteiger partial charge in [0.1, 0.15) is 5.78 Å². The molecule has 1 saturated heterocycles. The van der Waals surface area contributed by atoms with Crippen LogP contribution in [-0.2, 0) is 9.53 Å². The zero-order valence-corrected chi connectivity index (χ0v) is 9.49. The molecule has 0 bridgehead atoms. The first kappa shape index (κ1) is 12.0. The Balaban J connectivity index is 2.57. The highest BCUT2D eigenvalue weighted by molar-refractivity contribution is 5.79. The summed E-state index contributed by atoms with van der Waals surface area (Å²) in [7, 11) is 1.38. The molecule has 0 N–H and O–H groups in total. The zero-order chi connectivity index (χ0) is 11.3. The number of piperidine rings is 1. The maximum absolute atomic E-state index is 11.4. The molecule has 86 valence electrons. The Morgan fingerprint density at radius 2 is 2.13 bits per heavy atom. The van der Waals surface area contributed by atoms with E-state index in [1.807, 2.05) is 6.92 Å². The summed E-state index contributed by atoms with van der Waals surface area (Å²) in [5.41, 5.74) is 0. The zero-order valence-electron chi connectivity index (χ0n) is 9.49. The molecule has 4 nitrogen and oxygen atoms in total. The molecule has 0 saturated carbocycles. The summed E-state index contributed by atoms with van der Waals surface area (Å²) in [5.74, 6) is 0.218. The number of hydrogen-bond acceptors (Lipinski definition) is 3. The quantitative estimate of drug-likeness (QED) is 0.720. The van der Waals surface area contributed by atoms with Crippen LogP contribution < -0.4 is 0 Å². The van der Waals surface area contributed by atoms with Crippen molar-refractivity contribution in [3.05, 3.63) is 0 Å². The molecule has 1 amide bonds. The molecule has 0 radical (unpaired) electrons. The smallest absolute Gasteiger partial charge is 0.409 e. The lowest BCUT2D eigenvalue weighted by Crippen LogP contribution is -2.44. The number of carbonyl (C=O) groups is 2. The van der Waals surface area contributed by atoms with E-state index in [0.717, 1.165) is 19.3 Å². The first-order chi connectivity index (χ1) is 7.19. The lowest BCUT2D eigenvalue weighted by Gasteiger charge is -2.34. The third kappa shape index (κ3) is 3.22. The predicted molar refractivity (Wildman–Crippen MR) is 56.7 cm³/mol. The van der Waals surface area contributed by atoms with E-state index < -0.39 is 0 Å². The molecule has 0 aromatic carbocycles. The van der Waals surface area contributed by atoms with Gasteiger partial charge in [-0.1, -0.05) is 6.92 Å². The van der Waals surface area contributed by atoms with Crippen molar-refractivity contribution < 1.29 is 14.3 Å². The number of ketones is 1. The van der Waals surface area contributed by atoms with Gasteiger partial charge < -0.3 is 9.64 Å². The van der Waals surface area contributed by atoms with Crippen LogP contribution in [0.25, 0.3) is 0 Å². The van der Waals surface area contributed by atoms with Crippen LogP contribution in [0.4, 0.5) is 4.79 Å². The number of amides is 1. The molecular formula is C11H19NO3. The van der Waals surface area contributed by atoms with Crippen molar-refractivity contribution in [3.8, 4) is 0 Å². The molecule has 0 aromatic rings. The maximum atomic E-state index is 11.4. The Morgan fingerprint density at radius 1 is 1.40 bits per heavy atom. The van der Waals surface area contributed by atoms with E-state index in [1.54, 1.807) is 4.90 Å². The van der Waals surface area contributed by atoms with Crippen LogP contribution in [-0.4, -0.2) is 36.5 Å². The van der Waals surface area contributed by atoms with Gasteiger partial charge in [-0.2, -0.15) is 0 Å². The molecule has 1 aliphatic rings. The van der Waals surface area contributed by atoms with Crippen molar-refractivity contribution in [1.82, 2.24) is 4.90 Å². The van der Waals surface area contributed by atoms with Gasteiger partial charge in [0.15, 0.2) is 0 Å². The number of nitrogens with zero attached hydrogens (tertiary/aromatic N) is 1. The largest absolute Gasteiger partial charge is 0.453 e. The molecule has 1 fully saturated rings. The Bertz CT molecular complexity index is 240. The van der Waals surface area contributed by atoms with Crippen LogP contribution in [0.3, 0.4) is 0 Å². The number of ether oxygens (including phenoxy) is 1. The van der Waals surface area contributed by atoms with Crippen molar-refractivity contribution in [3.63, 3.8) is 0 Å². The van der Waals surface area contributed by atoms with Gasteiger partial charge in [-0.25, -0.2) is 4.79 Å². The Labute approximate surface area is 90.6 Å². The fourth-order valence-electron chi connectivity index (χ4n) is 1.98. The van der Waals surface area contributed by atoms with Crippen LogP contribution in [0, 0.1) is 0 Å². The van der Waals surface area contributed by atoms with Gasteiger partial charge in [-0.3, -0.25) is 4.79 Å². The van der Waals surface area contributed by atoms with E-state index in [9.17, 15) is 9.59 Å². The highest BCUT2D eigenvalue weighted by Gasteiger charge is 2.28. The SMILES string of the molecule is CCC(=O)CC1CCCCN1C(=O)OC. The second-order valence-electron chi connectivity index (χ2n) is 3.91. The number of methoxy groups -OCH3 is 1. The summed E-state index contributed by atoms with van der Waals surface area (Å²) in [4.78, 5) is 24.5. The van der Waals surface area contributed by atoms with Crippen LogP contribution in [0.5, 0.6) is 0 Å². The lowest BCUT2D eigenvalue weighted by atomic mass is 9.97. The highest BCUT2D eigenvalue weighted by Crippen LogP contribution is 2.20. The normalized spacial score (nSPS) is 21.2. The van der Waals surface area contributed by atoms with Gasteiger partial charge >= 0.3 is 6.09 Å². The molecule has 1 rings (SSSR count). The van der Waals surface area contributed by atoms with Gasteiger partial charge in [-0.15, -0.1) is 0 Å². The second-order valence-corrected chi connectivity index (χ2v) is 3.91. The first-order valence-electron chi connectivity index (χ1n) is 5.55. The summed E-state index contributed by atoms with van der Waals surface area (Å²) in [5, 5.41) is 0. The summed E-state index contributed by atoms with van der Waals surface area (Å²) >= 11 is 0. The third-order valence-electron chi connectivity index (χ3n) is 2.89. The third-order valence-corrected chi connectivity index (χ3v) is 2.89. The number of likely N-dealkylation sites (tertiary alicyclic amines) is 1. The van der Waals surface area contributed by atoms with Gasteiger partial charge in [-0.05, 0) is 19.3 Å². The number of rotatable bonds is 3. The summed E-state index contributed by atoms with van der Waals surface area (Å²) < 4.78 is 4.71. The van der Waals surface area contributed by atoms with Crippen LogP contribution in [0.1, 0.15) is 39.0 Å². The monoisotopic (exact) mass is 213 g/mol. The molecule has 1 unspecified atom stereocenters. The fourth-order valence-corrected chi connectivity index (χ4v) is 1.98. The van der Waals surface area contributed by atoms with Gasteiger partial charge in [0.05, 0.1) is 7.11 Å². The Hall–Kier alpha value is -1.06. The molecule has 1 atom stereocenters. The van der Waals surface area contributed by atoms with E-state index in [4.69, 9.17) is 4.74 Å². The molecule has 0 aliphatic carbocycles. The van der Waals surface area contributed by atoms with Crippen LogP contribution >= 0.6 is 0 Å². The van der Waals surface area contributed by atoms with E-state index in [-0.39, 0.29) is 17.9 Å². The van der Waals surface area contributed by atoms with Gasteiger partial charge in [0, 0.05) is 25.4 Å². The van der Waals surface area contributed by atoms with Crippen molar-refractivity contribution in [2.75, 3.05) is 13.7 Å². The summed E-state index contributed by atoms with van der Waals surface area (Å²) in [6.45, 7) is 2.57. The molecular weight excluding hydrogens is 194 g/mol. The summed E-state index contributed by atoms with van der Waals surface area (Å²) in [6.07, 6.45) is 3.74. The molecule has 15 heavy (non-hydrogen) atoms. The average molecular weight is 213 g/mol. The predicted octanol–water partition coefficient (Wildman–Crippen LogP) is 1.98. The lowest BCUT2D eigenvalue weighted by molar-refractivity contribution is -0.120. The average Bonchev–Trinajstić information content (AvgIpc) is 2.28. The molecule has 0 spiro atoms. The molecule has 1 aliphatic heterocycles. The first-order valence-corrected chi connectivity index (χ1v) is 5.55. The van der Waals surface area contributed by atoms with Gasteiger partial charge in [0.2, 0.25) is 0 Å². The van der Waals surface area contributed by atoms with Crippen molar-refractivity contribution in [2.24, 2.45) is 0 Å². The van der Waals surface area contributed by atoms with Crippen LogP contribution in [0.15, 0.2) is 0 Å². The maximum Gasteiger partial charge on any atom is 0.409 e. The second kappa shape index (κ2) is 5.73. The van der Waals surface area contributed by atoms with Crippen LogP contribution in [0.2, 0.25) is 0 Å². The standard InChI is InChI=1S/C11H19NO3/c1-3-10(13)8-9-6-4-5-7-12(9)11(14)15-2/h9H,3-8H2,1-2H3. The molecule has 4 heteroatoms. The van der Waals surface area contributed by atoms with E-state index in [0.29, 0.717) is 19.4 Å².